The molecule has 8 heteroatoms. The zero-order chi connectivity index (χ0) is 18.0. The molecule has 0 aliphatic rings. The second-order valence-electron chi connectivity index (χ2n) is 5.48. The largest absolute Gasteiger partial charge is 0.481 e. The number of benzene rings is 1. The topological polar surface area (TPSA) is 106 Å². The van der Waals surface area contributed by atoms with E-state index >= 15 is 0 Å². The molecule has 3 aromatic rings. The van der Waals surface area contributed by atoms with Crippen LogP contribution < -0.4 is 15.8 Å². The van der Waals surface area contributed by atoms with Gasteiger partial charge >= 0.3 is 0 Å². The number of halogens is 1. The summed E-state index contributed by atoms with van der Waals surface area (Å²) in [5.74, 6) is -0.487. The number of aromatic amines is 1. The van der Waals surface area contributed by atoms with E-state index in [1.807, 2.05) is 6.92 Å². The number of rotatable bonds is 5. The molecule has 0 aliphatic heterocycles. The van der Waals surface area contributed by atoms with Gasteiger partial charge in [0.1, 0.15) is 5.82 Å². The summed E-state index contributed by atoms with van der Waals surface area (Å²) < 4.78 is 19.7. The van der Waals surface area contributed by atoms with Crippen molar-refractivity contribution in [3.05, 3.63) is 36.0 Å². The third-order valence-corrected chi connectivity index (χ3v) is 3.89. The first-order chi connectivity index (χ1) is 12.1. The Morgan fingerprint density at radius 2 is 2.16 bits per heavy atom. The number of nitrogen functional groups attached to an aromatic ring is 1. The maximum atomic E-state index is 14.5. The van der Waals surface area contributed by atoms with Gasteiger partial charge in [-0.15, -0.1) is 0 Å². The number of carbonyl (C=O) groups is 1. The summed E-state index contributed by atoms with van der Waals surface area (Å²) in [5, 5.41) is 10.3. The van der Waals surface area contributed by atoms with Crippen LogP contribution in [0.15, 0.2) is 24.5 Å². The lowest BCUT2D eigenvalue weighted by molar-refractivity contribution is 0.0950. The number of nitrogens with zero attached hydrogens (tertiary/aromatic N) is 2. The molecule has 0 saturated carbocycles. The number of nitrogens with one attached hydrogen (secondary N) is 2. The normalized spacial score (nSPS) is 10.8. The molecular weight excluding hydrogens is 325 g/mol. The van der Waals surface area contributed by atoms with Crippen LogP contribution in [0.1, 0.15) is 23.8 Å². The van der Waals surface area contributed by atoms with Gasteiger partial charge in [-0.3, -0.25) is 4.79 Å². The van der Waals surface area contributed by atoms with Crippen LogP contribution in [0.2, 0.25) is 0 Å². The maximum absolute atomic E-state index is 14.5. The van der Waals surface area contributed by atoms with Crippen molar-refractivity contribution >= 4 is 22.4 Å². The van der Waals surface area contributed by atoms with E-state index in [-0.39, 0.29) is 22.9 Å². The van der Waals surface area contributed by atoms with Crippen molar-refractivity contribution in [2.75, 3.05) is 19.4 Å². The molecule has 4 N–H and O–H groups in total. The fourth-order valence-electron chi connectivity index (χ4n) is 2.67. The van der Waals surface area contributed by atoms with E-state index in [1.54, 1.807) is 0 Å². The Balaban J connectivity index is 2.19. The van der Waals surface area contributed by atoms with Gasteiger partial charge in [0.15, 0.2) is 5.69 Å². The molecule has 7 nitrogen and oxygen atoms in total. The summed E-state index contributed by atoms with van der Waals surface area (Å²) in [6.07, 6.45) is 3.71. The van der Waals surface area contributed by atoms with Crippen LogP contribution in [0.3, 0.4) is 0 Å². The molecule has 1 aromatic carbocycles. The molecule has 0 spiro atoms. The van der Waals surface area contributed by atoms with Crippen LogP contribution in [-0.4, -0.2) is 34.7 Å². The molecule has 0 unspecified atom stereocenters. The summed E-state index contributed by atoms with van der Waals surface area (Å²) in [6.45, 7) is 2.48. The number of ether oxygens (including phenoxy) is 1. The summed E-state index contributed by atoms with van der Waals surface area (Å²) in [7, 11) is 1.46. The lowest BCUT2D eigenvalue weighted by atomic mass is 9.99. The van der Waals surface area contributed by atoms with Gasteiger partial charge in [0.05, 0.1) is 24.6 Å². The van der Waals surface area contributed by atoms with Gasteiger partial charge in [-0.2, -0.15) is 5.10 Å². The number of pyridine rings is 1. The number of carbonyl (C=O) groups excluding carboxylic acids is 1. The van der Waals surface area contributed by atoms with Crippen LogP contribution >= 0.6 is 0 Å². The number of methoxy groups -OCH3 is 1. The molecule has 130 valence electrons. The minimum absolute atomic E-state index is 0.123. The molecular formula is C17H18FN5O2. The van der Waals surface area contributed by atoms with Gasteiger partial charge in [-0.1, -0.05) is 6.92 Å². The number of amides is 1. The lowest BCUT2D eigenvalue weighted by Gasteiger charge is -2.12. The average Bonchev–Trinajstić information content (AvgIpc) is 3.08. The van der Waals surface area contributed by atoms with Crippen molar-refractivity contribution in [3.8, 4) is 17.0 Å². The van der Waals surface area contributed by atoms with Crippen molar-refractivity contribution in [2.24, 2.45) is 0 Å². The van der Waals surface area contributed by atoms with Crippen LogP contribution in [0.4, 0.5) is 10.1 Å². The first-order valence-electron chi connectivity index (χ1n) is 7.81. The van der Waals surface area contributed by atoms with E-state index in [9.17, 15) is 9.18 Å². The highest BCUT2D eigenvalue weighted by Gasteiger charge is 2.20. The monoisotopic (exact) mass is 343 g/mol. The predicted octanol–water partition coefficient (Wildman–Crippen LogP) is 2.49. The third kappa shape index (κ3) is 2.86. The molecule has 0 bridgehead atoms. The van der Waals surface area contributed by atoms with Crippen molar-refractivity contribution in [3.63, 3.8) is 0 Å². The van der Waals surface area contributed by atoms with E-state index in [2.05, 4.69) is 20.5 Å². The standard InChI is InChI=1S/C17H18FN5O2/c1-3-6-20-16(24)15-14(19)9-4-5-12(18)13(10(9)7-21-15)11-8-22-23-17(11)25-2/h4-5,7-8H,3,6,19H2,1-2H3,(H,20,24)(H,22,23). The van der Waals surface area contributed by atoms with Gasteiger partial charge in [0.25, 0.3) is 5.91 Å². The number of anilines is 1. The minimum Gasteiger partial charge on any atom is -0.481 e. The van der Waals surface area contributed by atoms with Crippen LogP contribution in [0, 0.1) is 5.82 Å². The number of nitrogens with two attached hydrogens (primary N) is 1. The summed E-state index contributed by atoms with van der Waals surface area (Å²) in [5.41, 5.74) is 7.18. The van der Waals surface area contributed by atoms with E-state index in [1.165, 1.54) is 31.6 Å². The lowest BCUT2D eigenvalue weighted by Crippen LogP contribution is -2.26. The molecule has 0 aliphatic carbocycles. The highest BCUT2D eigenvalue weighted by Crippen LogP contribution is 2.37. The Hall–Kier alpha value is -3.16. The van der Waals surface area contributed by atoms with Gasteiger partial charge in [0.2, 0.25) is 5.88 Å². The Kier molecular flexibility index (Phi) is 4.51. The van der Waals surface area contributed by atoms with Gasteiger partial charge in [-0.05, 0) is 18.6 Å². The van der Waals surface area contributed by atoms with Gasteiger partial charge in [-0.25, -0.2) is 14.5 Å². The Bertz CT molecular complexity index is 938. The summed E-state index contributed by atoms with van der Waals surface area (Å²) in [6, 6.07) is 2.84. The molecule has 25 heavy (non-hydrogen) atoms. The fourth-order valence-corrected chi connectivity index (χ4v) is 2.67. The zero-order valence-electron chi connectivity index (χ0n) is 13.9. The third-order valence-electron chi connectivity index (χ3n) is 3.89. The zero-order valence-corrected chi connectivity index (χ0v) is 13.9. The fraction of sp³-hybridized carbons (Fsp3) is 0.235. The van der Waals surface area contributed by atoms with Crippen molar-refractivity contribution in [1.29, 1.82) is 0 Å². The quantitative estimate of drug-likeness (QED) is 0.660. The molecule has 2 heterocycles. The number of hydrogen-bond acceptors (Lipinski definition) is 5. The smallest absolute Gasteiger partial charge is 0.272 e. The second-order valence-corrected chi connectivity index (χ2v) is 5.48. The number of fused-ring (bicyclic) bond motifs is 1. The van der Waals surface area contributed by atoms with Crippen LogP contribution in [0.25, 0.3) is 21.9 Å². The molecule has 0 radical (unpaired) electrons. The molecule has 0 saturated heterocycles. The molecule has 0 atom stereocenters. The van der Waals surface area contributed by atoms with Gasteiger partial charge < -0.3 is 15.8 Å². The Morgan fingerprint density at radius 3 is 2.88 bits per heavy atom. The minimum atomic E-state index is -0.461. The average molecular weight is 343 g/mol. The van der Waals surface area contributed by atoms with Crippen molar-refractivity contribution in [1.82, 2.24) is 20.5 Å². The highest BCUT2D eigenvalue weighted by molar-refractivity contribution is 6.09. The first kappa shape index (κ1) is 16.7. The molecule has 0 fully saturated rings. The molecule has 1 amide bonds. The van der Waals surface area contributed by atoms with Crippen LogP contribution in [-0.2, 0) is 0 Å². The van der Waals surface area contributed by atoms with Crippen molar-refractivity contribution in [2.45, 2.75) is 13.3 Å². The van der Waals surface area contributed by atoms with Gasteiger partial charge in [0, 0.05) is 29.1 Å². The SMILES string of the molecule is CCCNC(=O)c1ncc2c(-c3cn[nH]c3OC)c(F)ccc2c1N. The molecule has 3 rings (SSSR count). The van der Waals surface area contributed by atoms with E-state index < -0.39 is 5.82 Å². The maximum Gasteiger partial charge on any atom is 0.272 e. The summed E-state index contributed by atoms with van der Waals surface area (Å²) in [4.78, 5) is 16.3. The van der Waals surface area contributed by atoms with Crippen molar-refractivity contribution < 1.29 is 13.9 Å². The van der Waals surface area contributed by atoms with E-state index in [0.717, 1.165) is 6.42 Å². The highest BCUT2D eigenvalue weighted by atomic mass is 19.1. The number of hydrogen-bond donors (Lipinski definition) is 3. The first-order valence-corrected chi connectivity index (χ1v) is 7.81. The Morgan fingerprint density at radius 1 is 1.36 bits per heavy atom. The summed E-state index contributed by atoms with van der Waals surface area (Å²) >= 11 is 0. The number of aromatic nitrogens is 3. The van der Waals surface area contributed by atoms with E-state index in [0.29, 0.717) is 28.8 Å². The van der Waals surface area contributed by atoms with E-state index in [4.69, 9.17) is 10.5 Å². The molecule has 2 aromatic heterocycles. The predicted molar refractivity (Wildman–Crippen MR) is 92.9 cm³/mol. The Labute approximate surface area is 143 Å². The van der Waals surface area contributed by atoms with Crippen LogP contribution in [0.5, 0.6) is 5.88 Å². The second kappa shape index (κ2) is 6.76. The number of H-pyrrole nitrogens is 1.